The molecule has 28 heavy (non-hydrogen) atoms. The number of benzene rings is 1. The van der Waals surface area contributed by atoms with E-state index in [0.29, 0.717) is 29.9 Å². The lowest BCUT2D eigenvalue weighted by Gasteiger charge is -2.07. The molecule has 148 valence electrons. The molecule has 0 aliphatic carbocycles. The number of hydrogen-bond donors (Lipinski definition) is 2. The van der Waals surface area contributed by atoms with Crippen LogP contribution in [0.5, 0.6) is 0 Å². The van der Waals surface area contributed by atoms with Crippen LogP contribution in [0.25, 0.3) is 0 Å². The van der Waals surface area contributed by atoms with Crippen LogP contribution in [-0.4, -0.2) is 46.8 Å². The topological polar surface area (TPSA) is 119 Å². The molecule has 9 nitrogen and oxygen atoms in total. The predicted octanol–water partition coefficient (Wildman–Crippen LogP) is 1.05. The van der Waals surface area contributed by atoms with Crippen LogP contribution in [0, 0.1) is 0 Å². The zero-order chi connectivity index (χ0) is 20.5. The third kappa shape index (κ3) is 5.76. The molecule has 0 saturated heterocycles. The number of imidazole rings is 1. The second kappa shape index (κ2) is 10.0. The molecule has 1 heterocycles. The number of anilines is 1. The predicted molar refractivity (Wildman–Crippen MR) is 101 cm³/mol. The molecule has 0 aliphatic rings. The number of aromatic nitrogens is 2. The molecular formula is C19H22N4O5. The normalized spacial score (nSPS) is 10.2. The Balaban J connectivity index is 1.80. The molecule has 1 aromatic carbocycles. The van der Waals surface area contributed by atoms with Gasteiger partial charge in [0.15, 0.2) is 5.82 Å². The largest absolute Gasteiger partial charge is 0.469 e. The van der Waals surface area contributed by atoms with Crippen molar-refractivity contribution in [1.82, 2.24) is 14.9 Å². The van der Waals surface area contributed by atoms with Crippen molar-refractivity contribution in [2.45, 2.75) is 19.3 Å². The number of amides is 2. The Morgan fingerprint density at radius 3 is 2.39 bits per heavy atom. The Morgan fingerprint density at radius 1 is 1.07 bits per heavy atom. The third-order valence-corrected chi connectivity index (χ3v) is 3.96. The monoisotopic (exact) mass is 386 g/mol. The van der Waals surface area contributed by atoms with Crippen molar-refractivity contribution in [3.8, 4) is 0 Å². The van der Waals surface area contributed by atoms with Gasteiger partial charge in [-0.3, -0.25) is 19.2 Å². The number of carbonyl (C=O) groups excluding carboxylic acids is 4. The highest BCUT2D eigenvalue weighted by molar-refractivity contribution is 6.39. The van der Waals surface area contributed by atoms with Crippen LogP contribution in [0.15, 0.2) is 36.7 Å². The van der Waals surface area contributed by atoms with Gasteiger partial charge in [-0.15, -0.1) is 0 Å². The summed E-state index contributed by atoms with van der Waals surface area (Å²) in [5, 5.41) is 4.95. The molecule has 0 fully saturated rings. The first kappa shape index (κ1) is 20.8. The molecule has 0 unspecified atom stereocenters. The Labute approximate surface area is 162 Å². The van der Waals surface area contributed by atoms with Gasteiger partial charge in [-0.2, -0.15) is 0 Å². The highest BCUT2D eigenvalue weighted by atomic mass is 16.5. The second-order valence-electron chi connectivity index (χ2n) is 6.01. The number of esters is 1. The number of methoxy groups -OCH3 is 1. The first-order chi connectivity index (χ1) is 13.4. The fourth-order valence-corrected chi connectivity index (χ4v) is 2.38. The van der Waals surface area contributed by atoms with Crippen LogP contribution in [0.1, 0.15) is 35.4 Å². The fourth-order valence-electron chi connectivity index (χ4n) is 2.38. The summed E-state index contributed by atoms with van der Waals surface area (Å²) < 4.78 is 6.13. The van der Waals surface area contributed by atoms with Crippen LogP contribution in [-0.2, 0) is 26.2 Å². The van der Waals surface area contributed by atoms with Crippen molar-refractivity contribution in [2.75, 3.05) is 19.0 Å². The smallest absolute Gasteiger partial charge is 0.313 e. The van der Waals surface area contributed by atoms with E-state index in [1.807, 2.05) is 0 Å². The molecule has 0 bridgehead atoms. The van der Waals surface area contributed by atoms with E-state index < -0.39 is 11.8 Å². The zero-order valence-corrected chi connectivity index (χ0v) is 15.7. The average Bonchev–Trinajstić information content (AvgIpc) is 3.13. The molecule has 0 saturated carbocycles. The van der Waals surface area contributed by atoms with E-state index >= 15 is 0 Å². The number of hydrogen-bond acceptors (Lipinski definition) is 6. The minimum absolute atomic E-state index is 0.241. The van der Waals surface area contributed by atoms with Gasteiger partial charge < -0.3 is 19.9 Å². The van der Waals surface area contributed by atoms with E-state index in [4.69, 9.17) is 0 Å². The maximum Gasteiger partial charge on any atom is 0.313 e. The molecule has 2 amide bonds. The molecule has 0 atom stereocenters. The maximum atomic E-state index is 12.3. The molecule has 2 aromatic rings. The first-order valence-corrected chi connectivity index (χ1v) is 8.70. The van der Waals surface area contributed by atoms with E-state index in [9.17, 15) is 19.2 Å². The lowest BCUT2D eigenvalue weighted by Crippen LogP contribution is -2.35. The standard InChI is InChI=1S/C19H22N4O5/c1-23-12-11-20-17(23)16(25)13-6-8-14(9-7-13)22-19(27)18(26)21-10-4-3-5-15(24)28-2/h6-9,11-12H,3-5,10H2,1-2H3,(H,21,26)(H,22,27). The van der Waals surface area contributed by atoms with Gasteiger partial charge in [0.25, 0.3) is 0 Å². The van der Waals surface area contributed by atoms with Gasteiger partial charge >= 0.3 is 17.8 Å². The summed E-state index contributed by atoms with van der Waals surface area (Å²) in [5.41, 5.74) is 0.810. The zero-order valence-electron chi connectivity index (χ0n) is 15.7. The lowest BCUT2D eigenvalue weighted by molar-refractivity contribution is -0.140. The molecule has 0 aliphatic heterocycles. The van der Waals surface area contributed by atoms with Crippen LogP contribution < -0.4 is 10.6 Å². The van der Waals surface area contributed by atoms with Crippen molar-refractivity contribution in [3.63, 3.8) is 0 Å². The summed E-state index contributed by atoms with van der Waals surface area (Å²) in [6.07, 6.45) is 4.59. The van der Waals surface area contributed by atoms with Crippen molar-refractivity contribution < 1.29 is 23.9 Å². The minimum atomic E-state index is -0.809. The Kier molecular flexibility index (Phi) is 7.44. The number of nitrogens with zero attached hydrogens (tertiary/aromatic N) is 2. The number of carbonyl (C=O) groups is 4. The van der Waals surface area contributed by atoms with Crippen LogP contribution in [0.4, 0.5) is 5.69 Å². The first-order valence-electron chi connectivity index (χ1n) is 8.70. The Morgan fingerprint density at radius 2 is 1.79 bits per heavy atom. The Bertz CT molecular complexity index is 857. The number of unbranched alkanes of at least 4 members (excludes halogenated alkanes) is 1. The van der Waals surface area contributed by atoms with Gasteiger partial charge in [0.1, 0.15) is 0 Å². The average molecular weight is 386 g/mol. The lowest BCUT2D eigenvalue weighted by atomic mass is 10.1. The van der Waals surface area contributed by atoms with E-state index in [0.717, 1.165) is 0 Å². The number of ketones is 1. The van der Waals surface area contributed by atoms with Crippen LogP contribution >= 0.6 is 0 Å². The molecule has 0 spiro atoms. The molecule has 9 heteroatoms. The van der Waals surface area contributed by atoms with E-state index in [2.05, 4.69) is 20.4 Å². The van der Waals surface area contributed by atoms with Gasteiger partial charge in [-0.25, -0.2) is 4.98 Å². The second-order valence-corrected chi connectivity index (χ2v) is 6.01. The summed E-state index contributed by atoms with van der Waals surface area (Å²) in [6, 6.07) is 6.18. The van der Waals surface area contributed by atoms with Crippen molar-refractivity contribution >= 4 is 29.3 Å². The van der Waals surface area contributed by atoms with E-state index in [1.54, 1.807) is 29.9 Å². The molecular weight excluding hydrogens is 364 g/mol. The summed E-state index contributed by atoms with van der Waals surface area (Å²) in [4.78, 5) is 51.0. The van der Waals surface area contributed by atoms with Crippen LogP contribution in [0.2, 0.25) is 0 Å². The van der Waals surface area contributed by atoms with E-state index in [1.165, 1.54) is 25.4 Å². The maximum absolute atomic E-state index is 12.3. The van der Waals surface area contributed by atoms with Crippen molar-refractivity contribution in [1.29, 1.82) is 0 Å². The van der Waals surface area contributed by atoms with E-state index in [-0.39, 0.29) is 24.7 Å². The molecule has 0 radical (unpaired) electrons. The number of nitrogens with one attached hydrogen (secondary N) is 2. The third-order valence-electron chi connectivity index (χ3n) is 3.96. The number of rotatable bonds is 8. The SMILES string of the molecule is COC(=O)CCCCNC(=O)C(=O)Nc1ccc(C(=O)c2nccn2C)cc1. The quantitative estimate of drug-likeness (QED) is 0.303. The Hall–Kier alpha value is -3.49. The summed E-state index contributed by atoms with van der Waals surface area (Å²) in [5.74, 6) is -1.82. The van der Waals surface area contributed by atoms with Gasteiger partial charge in [0.05, 0.1) is 7.11 Å². The molecule has 2 rings (SSSR count). The fraction of sp³-hybridized carbons (Fsp3) is 0.316. The van der Waals surface area contributed by atoms with Crippen molar-refractivity contribution in [2.24, 2.45) is 7.05 Å². The highest BCUT2D eigenvalue weighted by Crippen LogP contribution is 2.13. The molecule has 1 aromatic heterocycles. The van der Waals surface area contributed by atoms with Gasteiger partial charge in [0.2, 0.25) is 5.78 Å². The van der Waals surface area contributed by atoms with Gasteiger partial charge in [-0.1, -0.05) is 0 Å². The van der Waals surface area contributed by atoms with Gasteiger partial charge in [0, 0.05) is 43.7 Å². The minimum Gasteiger partial charge on any atom is -0.469 e. The summed E-state index contributed by atoms with van der Waals surface area (Å²) in [7, 11) is 3.04. The van der Waals surface area contributed by atoms with Crippen molar-refractivity contribution in [3.05, 3.63) is 48.0 Å². The highest BCUT2D eigenvalue weighted by Gasteiger charge is 2.15. The van der Waals surface area contributed by atoms with Crippen LogP contribution in [0.3, 0.4) is 0 Å². The van der Waals surface area contributed by atoms with Gasteiger partial charge in [-0.05, 0) is 37.1 Å². The summed E-state index contributed by atoms with van der Waals surface area (Å²) in [6.45, 7) is 0.278. The number of ether oxygens (including phenoxy) is 1. The number of aryl methyl sites for hydroxylation is 1. The summed E-state index contributed by atoms with van der Waals surface area (Å²) >= 11 is 0. The molecule has 2 N–H and O–H groups in total.